The highest BCUT2D eigenvalue weighted by Gasteiger charge is 2.28. The van der Waals surface area contributed by atoms with Gasteiger partial charge in [-0.05, 0) is 50.0 Å². The first-order valence-corrected chi connectivity index (χ1v) is 11.2. The van der Waals surface area contributed by atoms with Crippen LogP contribution in [0.15, 0.2) is 12.3 Å². The number of rotatable bonds is 6. The summed E-state index contributed by atoms with van der Waals surface area (Å²) >= 11 is 0. The third-order valence-electron chi connectivity index (χ3n) is 6.72. The van der Waals surface area contributed by atoms with Gasteiger partial charge in [-0.1, -0.05) is 46.5 Å². The van der Waals surface area contributed by atoms with E-state index in [-0.39, 0.29) is 29.9 Å². The molecule has 1 aromatic heterocycles. The van der Waals surface area contributed by atoms with Gasteiger partial charge in [0, 0.05) is 18.3 Å². The predicted octanol–water partition coefficient (Wildman–Crippen LogP) is 3.84. The lowest BCUT2D eigenvalue weighted by Crippen LogP contribution is -2.44. The van der Waals surface area contributed by atoms with E-state index >= 15 is 0 Å². The van der Waals surface area contributed by atoms with E-state index in [1.807, 2.05) is 6.92 Å². The molecule has 1 aromatic rings. The van der Waals surface area contributed by atoms with Gasteiger partial charge >= 0.3 is 0 Å². The maximum absolute atomic E-state index is 12.9. The maximum atomic E-state index is 12.9. The summed E-state index contributed by atoms with van der Waals surface area (Å²) in [6.07, 6.45) is 11.7. The SMILES string of the molecule is CC[C@H](C(=O)N[C@@H]1CCCC[C@@H]1C)n1ccc(C(=O)N[C@H]2CCCC[C@H]2C)n1. The van der Waals surface area contributed by atoms with Crippen molar-refractivity contribution in [3.8, 4) is 0 Å². The summed E-state index contributed by atoms with van der Waals surface area (Å²) in [6, 6.07) is 1.83. The second-order valence-electron chi connectivity index (χ2n) is 8.82. The molecule has 6 nitrogen and oxygen atoms in total. The summed E-state index contributed by atoms with van der Waals surface area (Å²) in [7, 11) is 0. The molecule has 2 N–H and O–H groups in total. The molecule has 0 aromatic carbocycles. The molecule has 0 aliphatic heterocycles. The van der Waals surface area contributed by atoms with Crippen molar-refractivity contribution in [2.45, 2.75) is 96.7 Å². The van der Waals surface area contributed by atoms with Crippen LogP contribution in [0.4, 0.5) is 0 Å². The molecule has 2 aliphatic carbocycles. The van der Waals surface area contributed by atoms with Crippen LogP contribution >= 0.6 is 0 Å². The number of hydrogen-bond donors (Lipinski definition) is 2. The molecule has 156 valence electrons. The highest BCUT2D eigenvalue weighted by Crippen LogP contribution is 2.25. The summed E-state index contributed by atoms with van der Waals surface area (Å²) in [5.41, 5.74) is 0.398. The van der Waals surface area contributed by atoms with Crippen LogP contribution in [-0.2, 0) is 4.79 Å². The molecule has 3 rings (SSSR count). The zero-order valence-electron chi connectivity index (χ0n) is 17.6. The Bertz CT molecular complexity index is 671. The fraction of sp³-hybridized carbons (Fsp3) is 0.773. The minimum atomic E-state index is -0.371. The summed E-state index contributed by atoms with van der Waals surface area (Å²) in [5, 5.41) is 10.8. The smallest absolute Gasteiger partial charge is 0.272 e. The van der Waals surface area contributed by atoms with Gasteiger partial charge in [-0.25, -0.2) is 0 Å². The van der Waals surface area contributed by atoms with E-state index in [1.54, 1.807) is 16.9 Å². The Hall–Kier alpha value is -1.85. The second kappa shape index (κ2) is 9.57. The summed E-state index contributed by atoms with van der Waals surface area (Å²) in [5.74, 6) is 0.906. The number of carbonyl (C=O) groups is 2. The number of aromatic nitrogens is 2. The van der Waals surface area contributed by atoms with E-state index in [2.05, 4.69) is 29.6 Å². The van der Waals surface area contributed by atoms with Crippen LogP contribution in [0.25, 0.3) is 0 Å². The number of nitrogens with one attached hydrogen (secondary N) is 2. The van der Waals surface area contributed by atoms with Crippen LogP contribution in [0.3, 0.4) is 0 Å². The molecule has 0 spiro atoms. The minimum Gasteiger partial charge on any atom is -0.351 e. The molecule has 2 saturated carbocycles. The molecule has 2 aliphatic rings. The van der Waals surface area contributed by atoms with Crippen LogP contribution in [0.5, 0.6) is 0 Å². The largest absolute Gasteiger partial charge is 0.351 e. The normalized spacial score (nSPS) is 29.1. The molecule has 0 unspecified atom stereocenters. The molecule has 1 heterocycles. The van der Waals surface area contributed by atoms with Crippen molar-refractivity contribution in [1.29, 1.82) is 0 Å². The van der Waals surface area contributed by atoms with Gasteiger partial charge in [-0.2, -0.15) is 5.10 Å². The van der Waals surface area contributed by atoms with Gasteiger partial charge in [-0.15, -0.1) is 0 Å². The number of hydrogen-bond acceptors (Lipinski definition) is 3. The molecular weight excluding hydrogens is 352 g/mol. The van der Waals surface area contributed by atoms with Crippen LogP contribution in [0.1, 0.15) is 95.1 Å². The van der Waals surface area contributed by atoms with Gasteiger partial charge in [0.2, 0.25) is 5.91 Å². The average Bonchev–Trinajstić information content (AvgIpc) is 3.16. The molecule has 2 amide bonds. The number of carbonyl (C=O) groups excluding carboxylic acids is 2. The standard InChI is InChI=1S/C22H36N4O2/c1-4-20(22(28)24-18-12-8-6-10-16(18)3)26-14-13-19(25-26)21(27)23-17-11-7-5-9-15(17)2/h13-18,20H,4-12H2,1-3H3,(H,23,27)(H,24,28)/t15-,16+,17+,18-,20-/m1/s1. The first-order valence-electron chi connectivity index (χ1n) is 11.2. The Balaban J connectivity index is 1.61. The summed E-state index contributed by atoms with van der Waals surface area (Å²) in [6.45, 7) is 6.40. The molecular formula is C22H36N4O2. The lowest BCUT2D eigenvalue weighted by Gasteiger charge is -2.31. The highest BCUT2D eigenvalue weighted by atomic mass is 16.2. The summed E-state index contributed by atoms with van der Waals surface area (Å²) in [4.78, 5) is 25.5. The van der Waals surface area contributed by atoms with Crippen molar-refractivity contribution in [1.82, 2.24) is 20.4 Å². The fourth-order valence-corrected chi connectivity index (χ4v) is 4.71. The van der Waals surface area contributed by atoms with Crippen LogP contribution in [0.2, 0.25) is 0 Å². The third-order valence-corrected chi connectivity index (χ3v) is 6.72. The topological polar surface area (TPSA) is 76.0 Å². The molecule has 0 bridgehead atoms. The van der Waals surface area contributed by atoms with E-state index < -0.39 is 0 Å². The van der Waals surface area contributed by atoms with Gasteiger partial charge < -0.3 is 10.6 Å². The molecule has 28 heavy (non-hydrogen) atoms. The lowest BCUT2D eigenvalue weighted by molar-refractivity contribution is -0.126. The molecule has 2 fully saturated rings. The Kier molecular flexibility index (Phi) is 7.13. The number of nitrogens with zero attached hydrogens (tertiary/aromatic N) is 2. The van der Waals surface area contributed by atoms with Crippen LogP contribution in [0, 0.1) is 11.8 Å². The Morgan fingerprint density at radius 1 is 1.04 bits per heavy atom. The van der Waals surface area contributed by atoms with Gasteiger partial charge in [-0.3, -0.25) is 14.3 Å². The quantitative estimate of drug-likeness (QED) is 0.777. The van der Waals surface area contributed by atoms with Gasteiger partial charge in [0.15, 0.2) is 0 Å². The van der Waals surface area contributed by atoms with Crippen molar-refractivity contribution in [3.05, 3.63) is 18.0 Å². The van der Waals surface area contributed by atoms with Crippen molar-refractivity contribution in [2.75, 3.05) is 0 Å². The lowest BCUT2D eigenvalue weighted by atomic mass is 9.86. The van der Waals surface area contributed by atoms with E-state index in [4.69, 9.17) is 0 Å². The zero-order chi connectivity index (χ0) is 20.1. The Morgan fingerprint density at radius 3 is 2.18 bits per heavy atom. The Labute approximate surface area is 168 Å². The maximum Gasteiger partial charge on any atom is 0.272 e. The van der Waals surface area contributed by atoms with E-state index in [1.165, 1.54) is 32.1 Å². The first-order chi connectivity index (χ1) is 13.5. The minimum absolute atomic E-state index is 0.0113. The monoisotopic (exact) mass is 388 g/mol. The number of amides is 2. The van der Waals surface area contributed by atoms with Crippen molar-refractivity contribution in [3.63, 3.8) is 0 Å². The third kappa shape index (κ3) is 4.95. The van der Waals surface area contributed by atoms with Crippen molar-refractivity contribution in [2.24, 2.45) is 11.8 Å². The Morgan fingerprint density at radius 2 is 1.61 bits per heavy atom. The second-order valence-corrected chi connectivity index (χ2v) is 8.82. The average molecular weight is 389 g/mol. The summed E-state index contributed by atoms with van der Waals surface area (Å²) < 4.78 is 1.65. The predicted molar refractivity (Wildman–Crippen MR) is 110 cm³/mol. The van der Waals surface area contributed by atoms with Crippen LogP contribution in [-0.4, -0.2) is 33.7 Å². The van der Waals surface area contributed by atoms with Gasteiger partial charge in [0.25, 0.3) is 5.91 Å². The van der Waals surface area contributed by atoms with Gasteiger partial charge in [0.05, 0.1) is 0 Å². The molecule has 0 saturated heterocycles. The van der Waals surface area contributed by atoms with E-state index in [0.29, 0.717) is 24.0 Å². The van der Waals surface area contributed by atoms with Crippen molar-refractivity contribution < 1.29 is 9.59 Å². The zero-order valence-corrected chi connectivity index (χ0v) is 17.6. The van der Waals surface area contributed by atoms with E-state index in [9.17, 15) is 9.59 Å². The first kappa shape index (κ1) is 20.9. The van der Waals surface area contributed by atoms with Crippen molar-refractivity contribution >= 4 is 11.8 Å². The van der Waals surface area contributed by atoms with Gasteiger partial charge in [0.1, 0.15) is 11.7 Å². The van der Waals surface area contributed by atoms with E-state index in [0.717, 1.165) is 19.3 Å². The highest BCUT2D eigenvalue weighted by molar-refractivity contribution is 5.92. The molecule has 5 atom stereocenters. The fourth-order valence-electron chi connectivity index (χ4n) is 4.71. The molecule has 6 heteroatoms. The van der Waals surface area contributed by atoms with Crippen LogP contribution < -0.4 is 10.6 Å². The molecule has 0 radical (unpaired) electrons.